The van der Waals surface area contributed by atoms with E-state index in [9.17, 15) is 0 Å². The van der Waals surface area contributed by atoms with Crippen LogP contribution in [-0.2, 0) is 6.54 Å². The van der Waals surface area contributed by atoms with E-state index in [1.165, 1.54) is 5.56 Å². The van der Waals surface area contributed by atoms with E-state index in [1.54, 1.807) is 17.5 Å². The van der Waals surface area contributed by atoms with Gasteiger partial charge >= 0.3 is 0 Å². The summed E-state index contributed by atoms with van der Waals surface area (Å²) in [5, 5.41) is 13.2. The van der Waals surface area contributed by atoms with Crippen LogP contribution < -0.4 is 5.32 Å². The van der Waals surface area contributed by atoms with Crippen LogP contribution in [0.1, 0.15) is 24.9 Å². The smallest absolute Gasteiger partial charge is 0.0931 e. The Morgan fingerprint density at radius 2 is 2.47 bits per heavy atom. The highest BCUT2D eigenvalue weighted by molar-refractivity contribution is 7.14. The van der Waals surface area contributed by atoms with E-state index >= 15 is 0 Å². The second-order valence-electron chi connectivity index (χ2n) is 3.88. The van der Waals surface area contributed by atoms with Gasteiger partial charge in [-0.05, 0) is 36.9 Å². The van der Waals surface area contributed by atoms with Crippen molar-refractivity contribution >= 4 is 22.9 Å². The lowest BCUT2D eigenvalue weighted by Crippen LogP contribution is -2.20. The number of thiophene rings is 1. The van der Waals surface area contributed by atoms with Crippen LogP contribution in [0.4, 0.5) is 0 Å². The summed E-state index contributed by atoms with van der Waals surface area (Å²) in [5.41, 5.74) is 1.25. The fraction of sp³-hybridized carbons (Fsp3) is 0.455. The third kappa shape index (κ3) is 3.80. The van der Waals surface area contributed by atoms with Gasteiger partial charge in [0.05, 0.1) is 10.5 Å². The van der Waals surface area contributed by atoms with Gasteiger partial charge < -0.3 is 5.32 Å². The van der Waals surface area contributed by atoms with Crippen LogP contribution in [0.3, 0.4) is 0 Å². The normalized spacial score (nSPS) is 12.8. The monoisotopic (exact) mass is 270 g/mol. The van der Waals surface area contributed by atoms with Crippen LogP contribution in [0.25, 0.3) is 0 Å². The predicted molar refractivity (Wildman–Crippen MR) is 70.4 cm³/mol. The van der Waals surface area contributed by atoms with Gasteiger partial charge in [0.15, 0.2) is 0 Å². The molecule has 0 aliphatic rings. The van der Waals surface area contributed by atoms with Crippen LogP contribution in [-0.4, -0.2) is 21.5 Å². The Morgan fingerprint density at radius 1 is 1.59 bits per heavy atom. The van der Waals surface area contributed by atoms with E-state index in [2.05, 4.69) is 27.9 Å². The molecule has 0 saturated carbocycles. The lowest BCUT2D eigenvalue weighted by molar-refractivity contribution is 0.500. The highest BCUT2D eigenvalue weighted by Gasteiger charge is 2.06. The van der Waals surface area contributed by atoms with E-state index < -0.39 is 0 Å². The van der Waals surface area contributed by atoms with Crippen LogP contribution >= 0.6 is 22.9 Å². The van der Waals surface area contributed by atoms with E-state index in [0.29, 0.717) is 6.04 Å². The molecule has 1 unspecified atom stereocenters. The molecule has 1 atom stereocenters. The number of nitrogens with one attached hydrogen (secondary N) is 1. The van der Waals surface area contributed by atoms with Gasteiger partial charge in [-0.15, -0.1) is 16.4 Å². The molecule has 17 heavy (non-hydrogen) atoms. The Hall–Kier alpha value is -0.910. The number of aryl methyl sites for hydroxylation is 1. The molecule has 0 aliphatic heterocycles. The molecule has 0 aromatic carbocycles. The third-order valence-electron chi connectivity index (χ3n) is 2.57. The predicted octanol–water partition coefficient (Wildman–Crippen LogP) is 2.73. The topological polar surface area (TPSA) is 42.7 Å². The molecule has 2 rings (SSSR count). The number of rotatable bonds is 6. The molecule has 0 spiro atoms. The van der Waals surface area contributed by atoms with Crippen LogP contribution in [0, 0.1) is 0 Å². The summed E-state index contributed by atoms with van der Waals surface area (Å²) >= 11 is 7.48. The van der Waals surface area contributed by atoms with Gasteiger partial charge in [-0.2, -0.15) is 0 Å². The second-order valence-corrected chi connectivity index (χ2v) is 5.42. The van der Waals surface area contributed by atoms with Crippen molar-refractivity contribution < 1.29 is 0 Å². The SMILES string of the molecule is CC(NCCCn1ccnn1)c1csc(Cl)c1. The van der Waals surface area contributed by atoms with E-state index in [0.717, 1.165) is 23.8 Å². The average Bonchev–Trinajstić information content (AvgIpc) is 2.95. The fourth-order valence-electron chi connectivity index (χ4n) is 1.58. The summed E-state index contributed by atoms with van der Waals surface area (Å²) in [6.45, 7) is 3.99. The van der Waals surface area contributed by atoms with Crippen LogP contribution in [0.15, 0.2) is 23.8 Å². The molecular weight excluding hydrogens is 256 g/mol. The minimum absolute atomic E-state index is 0.342. The lowest BCUT2D eigenvalue weighted by Gasteiger charge is -2.11. The molecular formula is C11H15ClN4S. The number of hydrogen-bond donors (Lipinski definition) is 1. The largest absolute Gasteiger partial charge is 0.310 e. The maximum absolute atomic E-state index is 5.91. The van der Waals surface area contributed by atoms with Gasteiger partial charge in [0.25, 0.3) is 0 Å². The molecule has 0 aliphatic carbocycles. The highest BCUT2D eigenvalue weighted by atomic mass is 35.5. The van der Waals surface area contributed by atoms with Crippen molar-refractivity contribution in [2.45, 2.75) is 25.9 Å². The van der Waals surface area contributed by atoms with Crippen molar-refractivity contribution in [3.63, 3.8) is 0 Å². The van der Waals surface area contributed by atoms with Gasteiger partial charge in [0.2, 0.25) is 0 Å². The lowest BCUT2D eigenvalue weighted by atomic mass is 10.2. The number of halogens is 1. The van der Waals surface area contributed by atoms with Crippen molar-refractivity contribution in [3.05, 3.63) is 33.7 Å². The fourth-order valence-corrected chi connectivity index (χ4v) is 2.56. The van der Waals surface area contributed by atoms with Gasteiger partial charge in [-0.25, -0.2) is 0 Å². The molecule has 0 amide bonds. The second kappa shape index (κ2) is 6.14. The first-order chi connectivity index (χ1) is 8.25. The zero-order valence-electron chi connectivity index (χ0n) is 9.64. The van der Waals surface area contributed by atoms with Crippen molar-refractivity contribution in [1.29, 1.82) is 0 Å². The molecule has 2 aromatic heterocycles. The molecule has 92 valence electrons. The Morgan fingerprint density at radius 3 is 3.12 bits per heavy atom. The van der Waals surface area contributed by atoms with Crippen molar-refractivity contribution in [3.8, 4) is 0 Å². The summed E-state index contributed by atoms with van der Waals surface area (Å²) < 4.78 is 2.68. The van der Waals surface area contributed by atoms with Crippen molar-refractivity contribution in [1.82, 2.24) is 20.3 Å². The third-order valence-corrected chi connectivity index (χ3v) is 3.68. The van der Waals surface area contributed by atoms with Crippen molar-refractivity contribution in [2.24, 2.45) is 0 Å². The zero-order valence-corrected chi connectivity index (χ0v) is 11.2. The molecule has 1 N–H and O–H groups in total. The Balaban J connectivity index is 1.68. The molecule has 0 saturated heterocycles. The first kappa shape index (κ1) is 12.5. The highest BCUT2D eigenvalue weighted by Crippen LogP contribution is 2.24. The molecule has 4 nitrogen and oxygen atoms in total. The molecule has 0 fully saturated rings. The first-order valence-electron chi connectivity index (χ1n) is 5.57. The van der Waals surface area contributed by atoms with Gasteiger partial charge in [0, 0.05) is 18.8 Å². The summed E-state index contributed by atoms with van der Waals surface area (Å²) in [5.74, 6) is 0. The molecule has 0 radical (unpaired) electrons. The quantitative estimate of drug-likeness (QED) is 0.821. The summed E-state index contributed by atoms with van der Waals surface area (Å²) in [6, 6.07) is 2.36. The maximum atomic E-state index is 5.91. The Kier molecular flexibility index (Phi) is 4.53. The van der Waals surface area contributed by atoms with E-state index in [4.69, 9.17) is 11.6 Å². The zero-order chi connectivity index (χ0) is 12.1. The van der Waals surface area contributed by atoms with E-state index in [-0.39, 0.29) is 0 Å². The molecule has 6 heteroatoms. The maximum Gasteiger partial charge on any atom is 0.0931 e. The van der Waals surface area contributed by atoms with Gasteiger partial charge in [-0.1, -0.05) is 16.8 Å². The van der Waals surface area contributed by atoms with Gasteiger partial charge in [0.1, 0.15) is 0 Å². The average molecular weight is 271 g/mol. The number of hydrogen-bond acceptors (Lipinski definition) is 4. The minimum atomic E-state index is 0.342. The van der Waals surface area contributed by atoms with Crippen LogP contribution in [0.2, 0.25) is 4.34 Å². The number of nitrogens with zero attached hydrogens (tertiary/aromatic N) is 3. The number of aromatic nitrogens is 3. The molecule has 0 bridgehead atoms. The summed E-state index contributed by atoms with van der Waals surface area (Å²) in [4.78, 5) is 0. The van der Waals surface area contributed by atoms with Crippen LogP contribution in [0.5, 0.6) is 0 Å². The molecule has 2 heterocycles. The Bertz CT molecular complexity index is 440. The van der Waals surface area contributed by atoms with Crippen molar-refractivity contribution in [2.75, 3.05) is 6.54 Å². The minimum Gasteiger partial charge on any atom is -0.310 e. The van der Waals surface area contributed by atoms with E-state index in [1.807, 2.05) is 16.9 Å². The first-order valence-corrected chi connectivity index (χ1v) is 6.83. The van der Waals surface area contributed by atoms with Gasteiger partial charge in [-0.3, -0.25) is 4.68 Å². The standard InChI is InChI=1S/C11H15ClN4S/c1-9(10-7-11(12)17-8-10)13-3-2-5-16-6-4-14-15-16/h4,6-9,13H,2-3,5H2,1H3. The molecule has 2 aromatic rings. The summed E-state index contributed by atoms with van der Waals surface area (Å²) in [7, 11) is 0. The summed E-state index contributed by atoms with van der Waals surface area (Å²) in [6.07, 6.45) is 4.61. The Labute approximate surface area is 110 Å².